The summed E-state index contributed by atoms with van der Waals surface area (Å²) in [6, 6.07) is 0.753. The van der Waals surface area contributed by atoms with Crippen LogP contribution in [-0.2, 0) is 19.1 Å². The van der Waals surface area contributed by atoms with E-state index in [0.717, 1.165) is 21.5 Å². The fraction of sp³-hybridized carbons (Fsp3) is 0.619. The summed E-state index contributed by atoms with van der Waals surface area (Å²) in [6.07, 6.45) is 0.676. The lowest BCUT2D eigenvalue weighted by atomic mass is 9.81. The fourth-order valence-electron chi connectivity index (χ4n) is 3.99. The van der Waals surface area contributed by atoms with Gasteiger partial charge in [-0.25, -0.2) is 14.3 Å². The Morgan fingerprint density at radius 2 is 1.57 bits per heavy atom. The summed E-state index contributed by atoms with van der Waals surface area (Å²) in [5, 5.41) is 3.23. The number of hydrogen-bond donors (Lipinski definition) is 1. The van der Waals surface area contributed by atoms with Gasteiger partial charge >= 0.3 is 11.9 Å². The lowest BCUT2D eigenvalue weighted by Gasteiger charge is -2.34. The molecule has 2 heterocycles. The maximum atomic E-state index is 12.9. The molecule has 0 bridgehead atoms. The Labute approximate surface area is 175 Å². The van der Waals surface area contributed by atoms with E-state index in [1.165, 1.54) is 0 Å². The molecule has 0 aromatic carbocycles. The molecule has 0 saturated heterocycles. The number of hydrogen-bond acceptors (Lipinski definition) is 7. The first-order valence-electron chi connectivity index (χ1n) is 10.0. The Balaban J connectivity index is 2.78. The molecule has 9 nitrogen and oxygen atoms in total. The molecule has 0 aliphatic carbocycles. The molecule has 0 fully saturated rings. The number of esters is 2. The molecule has 1 aromatic rings. The molecule has 1 aliphatic rings. The zero-order valence-electron chi connectivity index (χ0n) is 18.7. The van der Waals surface area contributed by atoms with Crippen molar-refractivity contribution in [3.8, 4) is 0 Å². The summed E-state index contributed by atoms with van der Waals surface area (Å²) in [5.41, 5.74) is -1.94. The van der Waals surface area contributed by atoms with Crippen molar-refractivity contribution < 1.29 is 19.1 Å². The van der Waals surface area contributed by atoms with Gasteiger partial charge in [0.25, 0.3) is 11.1 Å². The van der Waals surface area contributed by atoms with Crippen LogP contribution in [0.15, 0.2) is 27.3 Å². The van der Waals surface area contributed by atoms with E-state index in [0.29, 0.717) is 6.42 Å². The molecule has 1 aromatic heterocycles. The molecule has 1 aliphatic heterocycles. The van der Waals surface area contributed by atoms with Gasteiger partial charge in [-0.2, -0.15) is 4.68 Å². The van der Waals surface area contributed by atoms with Gasteiger partial charge in [-0.1, -0.05) is 20.8 Å². The molecule has 166 valence electrons. The average Bonchev–Trinajstić information content (AvgIpc) is 2.92. The first-order valence-corrected chi connectivity index (χ1v) is 10.0. The van der Waals surface area contributed by atoms with Crippen molar-refractivity contribution in [3.05, 3.63) is 38.4 Å². The molecule has 0 spiro atoms. The smallest absolute Gasteiger partial charge is 0.340 e. The Morgan fingerprint density at radius 3 is 2.10 bits per heavy atom. The minimum absolute atomic E-state index is 0.0511. The lowest BCUT2D eigenvalue weighted by Crippen LogP contribution is -2.45. The van der Waals surface area contributed by atoms with E-state index in [9.17, 15) is 19.2 Å². The van der Waals surface area contributed by atoms with E-state index in [-0.39, 0.29) is 30.0 Å². The highest BCUT2D eigenvalue weighted by atomic mass is 16.5. The van der Waals surface area contributed by atoms with Crippen LogP contribution in [0.25, 0.3) is 5.82 Å². The number of ether oxygens (including phenoxy) is 2. The molecule has 0 saturated carbocycles. The van der Waals surface area contributed by atoms with Gasteiger partial charge in [0.05, 0.1) is 13.2 Å². The zero-order valence-corrected chi connectivity index (χ0v) is 18.7. The zero-order chi connectivity index (χ0) is 22.9. The van der Waals surface area contributed by atoms with Gasteiger partial charge in [0.2, 0.25) is 0 Å². The van der Waals surface area contributed by atoms with E-state index in [2.05, 4.69) is 26.1 Å². The Kier molecular flexibility index (Phi) is 6.63. The Bertz CT molecular complexity index is 978. The number of carbonyl (C=O) groups excluding carboxylic acids is 2. The van der Waals surface area contributed by atoms with Crippen LogP contribution in [0.5, 0.6) is 0 Å². The van der Waals surface area contributed by atoms with Crippen LogP contribution in [0, 0.1) is 5.41 Å². The van der Waals surface area contributed by atoms with Crippen molar-refractivity contribution in [2.45, 2.75) is 66.5 Å². The Morgan fingerprint density at radius 1 is 1.00 bits per heavy atom. The van der Waals surface area contributed by atoms with Crippen LogP contribution >= 0.6 is 0 Å². The number of nitrogens with zero attached hydrogens (tertiary/aromatic N) is 2. The van der Waals surface area contributed by atoms with E-state index in [1.54, 1.807) is 13.8 Å². The second kappa shape index (κ2) is 8.49. The van der Waals surface area contributed by atoms with Crippen LogP contribution in [0.2, 0.25) is 0 Å². The quantitative estimate of drug-likeness (QED) is 0.667. The molecular formula is C21H31N3O6. The second-order valence-corrected chi connectivity index (χ2v) is 9.05. The molecule has 1 atom stereocenters. The maximum Gasteiger partial charge on any atom is 0.340 e. The van der Waals surface area contributed by atoms with Crippen molar-refractivity contribution in [2.75, 3.05) is 13.2 Å². The van der Waals surface area contributed by atoms with E-state index >= 15 is 0 Å². The third-order valence-corrected chi connectivity index (χ3v) is 4.44. The minimum Gasteiger partial charge on any atom is -0.464 e. The topological polar surface area (TPSA) is 109 Å². The monoisotopic (exact) mass is 421 g/mol. The highest BCUT2D eigenvalue weighted by Gasteiger charge is 2.44. The minimum atomic E-state index is -1.42. The standard InChI is InChI=1S/C21H31N3O6/c1-8-29-18(27)15-16(19(28)30-9-2)23-13(25)10-11-14(26)24(23)17(15)22-21(6,7)12-20(3,4)5/h10-11,16,22H,8-9,12H2,1-7H3. The predicted molar refractivity (Wildman–Crippen MR) is 112 cm³/mol. The van der Waals surface area contributed by atoms with Gasteiger partial charge in [-0.05, 0) is 39.5 Å². The molecule has 9 heteroatoms. The van der Waals surface area contributed by atoms with E-state index in [4.69, 9.17) is 9.47 Å². The van der Waals surface area contributed by atoms with Crippen LogP contribution in [-0.4, -0.2) is 40.1 Å². The van der Waals surface area contributed by atoms with Crippen molar-refractivity contribution in [2.24, 2.45) is 5.41 Å². The van der Waals surface area contributed by atoms with E-state index in [1.807, 2.05) is 13.8 Å². The van der Waals surface area contributed by atoms with Gasteiger partial charge in [0.15, 0.2) is 6.04 Å². The summed E-state index contributed by atoms with van der Waals surface area (Å²) in [6.45, 7) is 13.4. The van der Waals surface area contributed by atoms with Crippen LogP contribution in [0.4, 0.5) is 0 Å². The van der Waals surface area contributed by atoms with Crippen molar-refractivity contribution in [1.29, 1.82) is 0 Å². The van der Waals surface area contributed by atoms with Crippen molar-refractivity contribution in [3.63, 3.8) is 0 Å². The lowest BCUT2D eigenvalue weighted by molar-refractivity contribution is -0.149. The third-order valence-electron chi connectivity index (χ3n) is 4.44. The molecule has 0 radical (unpaired) electrons. The van der Waals surface area contributed by atoms with Gasteiger partial charge in [0, 0.05) is 17.7 Å². The van der Waals surface area contributed by atoms with Gasteiger partial charge < -0.3 is 14.8 Å². The summed E-state index contributed by atoms with van der Waals surface area (Å²) in [7, 11) is 0. The normalized spacial score (nSPS) is 16.3. The number of carbonyl (C=O) groups is 2. The van der Waals surface area contributed by atoms with Gasteiger partial charge in [-0.15, -0.1) is 0 Å². The summed E-state index contributed by atoms with van der Waals surface area (Å²) in [4.78, 5) is 51.0. The van der Waals surface area contributed by atoms with Crippen LogP contribution in [0.1, 0.15) is 60.9 Å². The first-order chi connectivity index (χ1) is 13.8. The van der Waals surface area contributed by atoms with Gasteiger partial charge in [-0.3, -0.25) is 9.59 Å². The highest BCUT2D eigenvalue weighted by Crippen LogP contribution is 2.33. The SMILES string of the molecule is CCOC(=O)C1=C(NC(C)(C)CC(C)(C)C)n2c(=O)ccc(=O)n2C1C(=O)OCC. The maximum absolute atomic E-state index is 12.9. The Hall–Kier alpha value is -2.84. The summed E-state index contributed by atoms with van der Waals surface area (Å²) >= 11 is 0. The average molecular weight is 421 g/mol. The largest absolute Gasteiger partial charge is 0.464 e. The number of nitrogens with one attached hydrogen (secondary N) is 1. The molecule has 2 rings (SSSR count). The van der Waals surface area contributed by atoms with Crippen molar-refractivity contribution in [1.82, 2.24) is 14.7 Å². The summed E-state index contributed by atoms with van der Waals surface area (Å²) in [5.74, 6) is -1.55. The van der Waals surface area contributed by atoms with Crippen LogP contribution in [0.3, 0.4) is 0 Å². The summed E-state index contributed by atoms with van der Waals surface area (Å²) < 4.78 is 12.3. The van der Waals surface area contributed by atoms with Crippen LogP contribution < -0.4 is 16.4 Å². The number of rotatable bonds is 7. The third kappa shape index (κ3) is 4.83. The number of aromatic nitrogens is 2. The molecule has 1 unspecified atom stereocenters. The molecule has 0 amide bonds. The molecular weight excluding hydrogens is 390 g/mol. The van der Waals surface area contributed by atoms with E-state index < -0.39 is 34.6 Å². The predicted octanol–water partition coefficient (Wildman–Crippen LogP) is 1.66. The second-order valence-electron chi connectivity index (χ2n) is 9.05. The fourth-order valence-corrected chi connectivity index (χ4v) is 3.99. The molecule has 30 heavy (non-hydrogen) atoms. The molecule has 1 N–H and O–H groups in total. The van der Waals surface area contributed by atoms with Crippen molar-refractivity contribution >= 4 is 17.8 Å². The van der Waals surface area contributed by atoms with Gasteiger partial charge in [0.1, 0.15) is 11.4 Å². The highest BCUT2D eigenvalue weighted by molar-refractivity contribution is 6.02. The first kappa shape index (κ1) is 23.4. The number of fused-ring (bicyclic) bond motifs is 1.